The molecule has 2 amide bonds. The lowest BCUT2D eigenvalue weighted by Gasteiger charge is -2.11. The fraction of sp³-hybridized carbons (Fsp3) is 0.211. The number of nitrogens with one attached hydrogen (secondary N) is 2. The first-order valence-electron chi connectivity index (χ1n) is 8.32. The van der Waals surface area contributed by atoms with E-state index in [1.54, 1.807) is 31.2 Å². The quantitative estimate of drug-likeness (QED) is 0.463. The predicted octanol–water partition coefficient (Wildman–Crippen LogP) is 5.62. The van der Waals surface area contributed by atoms with Crippen molar-refractivity contribution in [2.45, 2.75) is 19.8 Å². The van der Waals surface area contributed by atoms with Gasteiger partial charge >= 0.3 is 5.97 Å². The van der Waals surface area contributed by atoms with Gasteiger partial charge in [0.15, 0.2) is 6.61 Å². The van der Waals surface area contributed by atoms with Gasteiger partial charge in [0, 0.05) is 21.6 Å². The lowest BCUT2D eigenvalue weighted by Crippen LogP contribution is -2.22. The highest BCUT2D eigenvalue weighted by Gasteiger charge is 2.13. The molecule has 0 bridgehead atoms. The summed E-state index contributed by atoms with van der Waals surface area (Å²) in [4.78, 5) is 35.7. The highest BCUT2D eigenvalue weighted by Crippen LogP contribution is 2.31. The minimum absolute atomic E-state index is 0.124. The van der Waals surface area contributed by atoms with Crippen LogP contribution in [0, 0.1) is 6.92 Å². The Morgan fingerprint density at radius 1 is 0.966 bits per heavy atom. The van der Waals surface area contributed by atoms with Gasteiger partial charge in [-0.1, -0.05) is 34.8 Å². The summed E-state index contributed by atoms with van der Waals surface area (Å²) in [5.41, 5.74) is 1.58. The van der Waals surface area contributed by atoms with Crippen molar-refractivity contribution >= 4 is 79.9 Å². The zero-order chi connectivity index (χ0) is 21.6. The zero-order valence-corrected chi connectivity index (χ0v) is 19.0. The molecule has 2 N–H and O–H groups in total. The van der Waals surface area contributed by atoms with Crippen molar-refractivity contribution in [3.63, 3.8) is 0 Å². The normalized spacial score (nSPS) is 10.4. The third kappa shape index (κ3) is 7.19. The lowest BCUT2D eigenvalue weighted by atomic mass is 10.2. The monoisotopic (exact) mass is 520 g/mol. The number of rotatable bonds is 7. The summed E-state index contributed by atoms with van der Waals surface area (Å²) in [7, 11) is 0. The predicted molar refractivity (Wildman–Crippen MR) is 118 cm³/mol. The highest BCUT2D eigenvalue weighted by molar-refractivity contribution is 9.10. The van der Waals surface area contributed by atoms with Crippen LogP contribution in [-0.2, 0) is 19.1 Å². The Bertz CT molecular complexity index is 953. The molecule has 0 aliphatic heterocycles. The average Bonchev–Trinajstić information content (AvgIpc) is 2.67. The van der Waals surface area contributed by atoms with Gasteiger partial charge in [0.25, 0.3) is 5.91 Å². The number of ether oxygens (including phenoxy) is 1. The van der Waals surface area contributed by atoms with Crippen molar-refractivity contribution in [1.29, 1.82) is 0 Å². The number of halogens is 4. The first kappa shape index (κ1) is 23.5. The van der Waals surface area contributed by atoms with Crippen LogP contribution in [0.15, 0.2) is 34.8 Å². The summed E-state index contributed by atoms with van der Waals surface area (Å²) in [6, 6.07) is 8.00. The summed E-state index contributed by atoms with van der Waals surface area (Å²) < 4.78 is 5.60. The molecule has 154 valence electrons. The van der Waals surface area contributed by atoms with E-state index < -0.39 is 24.4 Å². The van der Waals surface area contributed by atoms with Gasteiger partial charge in [-0.25, -0.2) is 0 Å². The van der Waals surface area contributed by atoms with Crippen LogP contribution >= 0.6 is 50.7 Å². The van der Waals surface area contributed by atoms with Crippen molar-refractivity contribution < 1.29 is 19.1 Å². The lowest BCUT2D eigenvalue weighted by molar-refractivity contribution is -0.147. The Balaban J connectivity index is 1.76. The maximum absolute atomic E-state index is 12.0. The third-order valence-corrected chi connectivity index (χ3v) is 5.66. The van der Waals surface area contributed by atoms with Gasteiger partial charge in [0.2, 0.25) is 5.91 Å². The van der Waals surface area contributed by atoms with Gasteiger partial charge in [0.05, 0.1) is 22.2 Å². The Labute approximate surface area is 191 Å². The van der Waals surface area contributed by atoms with E-state index in [9.17, 15) is 14.4 Å². The Hall–Kier alpha value is -1.80. The van der Waals surface area contributed by atoms with E-state index in [4.69, 9.17) is 39.5 Å². The summed E-state index contributed by atoms with van der Waals surface area (Å²) in [6.07, 6.45) is -0.311. The third-order valence-electron chi connectivity index (χ3n) is 3.74. The van der Waals surface area contributed by atoms with Crippen LogP contribution in [0.25, 0.3) is 0 Å². The van der Waals surface area contributed by atoms with Crippen LogP contribution in [0.3, 0.4) is 0 Å². The molecule has 0 atom stereocenters. The molecule has 0 spiro atoms. The van der Waals surface area contributed by atoms with Crippen LogP contribution in [-0.4, -0.2) is 24.4 Å². The fourth-order valence-electron chi connectivity index (χ4n) is 2.21. The van der Waals surface area contributed by atoms with Crippen molar-refractivity contribution in [3.05, 3.63) is 55.4 Å². The second-order valence-corrected chi connectivity index (χ2v) is 7.99. The molecular weight excluding hydrogens is 506 g/mol. The van der Waals surface area contributed by atoms with Gasteiger partial charge in [-0.2, -0.15) is 0 Å². The summed E-state index contributed by atoms with van der Waals surface area (Å²) in [5, 5.41) is 6.39. The van der Waals surface area contributed by atoms with Gasteiger partial charge in [-0.15, -0.1) is 0 Å². The molecule has 0 aromatic heterocycles. The molecule has 0 saturated heterocycles. The van der Waals surface area contributed by atoms with Gasteiger partial charge in [-0.3, -0.25) is 14.4 Å². The number of carbonyl (C=O) groups is 3. The molecule has 6 nitrogen and oxygen atoms in total. The minimum Gasteiger partial charge on any atom is -0.456 e. The Morgan fingerprint density at radius 3 is 2.31 bits per heavy atom. The van der Waals surface area contributed by atoms with E-state index in [2.05, 4.69) is 26.6 Å². The van der Waals surface area contributed by atoms with Crippen molar-refractivity contribution in [2.75, 3.05) is 17.2 Å². The smallest absolute Gasteiger partial charge is 0.306 e. The number of amides is 2. The van der Waals surface area contributed by atoms with E-state index in [1.807, 2.05) is 0 Å². The van der Waals surface area contributed by atoms with Gasteiger partial charge in [0.1, 0.15) is 0 Å². The molecule has 2 aromatic carbocycles. The van der Waals surface area contributed by atoms with Crippen molar-refractivity contribution in [3.8, 4) is 0 Å². The van der Waals surface area contributed by atoms with Gasteiger partial charge in [-0.05, 0) is 58.7 Å². The first-order chi connectivity index (χ1) is 13.7. The second kappa shape index (κ2) is 10.8. The molecule has 0 aliphatic carbocycles. The number of hydrogen-bond donors (Lipinski definition) is 2. The average molecular weight is 523 g/mol. The summed E-state index contributed by atoms with van der Waals surface area (Å²) >= 11 is 21.2. The molecule has 29 heavy (non-hydrogen) atoms. The molecule has 0 fully saturated rings. The van der Waals surface area contributed by atoms with Crippen molar-refractivity contribution in [1.82, 2.24) is 0 Å². The van der Waals surface area contributed by atoms with Crippen LogP contribution < -0.4 is 10.6 Å². The van der Waals surface area contributed by atoms with E-state index in [0.717, 1.165) is 0 Å². The van der Waals surface area contributed by atoms with Crippen LogP contribution in [0.4, 0.5) is 11.4 Å². The zero-order valence-electron chi connectivity index (χ0n) is 15.2. The van der Waals surface area contributed by atoms with E-state index in [-0.39, 0.29) is 17.9 Å². The van der Waals surface area contributed by atoms with Gasteiger partial charge < -0.3 is 15.4 Å². The van der Waals surface area contributed by atoms with Crippen molar-refractivity contribution in [2.24, 2.45) is 0 Å². The van der Waals surface area contributed by atoms with Crippen LogP contribution in [0.1, 0.15) is 18.4 Å². The fourth-order valence-corrected chi connectivity index (χ4v) is 3.26. The second-order valence-electron chi connectivity index (χ2n) is 5.92. The van der Waals surface area contributed by atoms with E-state index in [0.29, 0.717) is 31.5 Å². The van der Waals surface area contributed by atoms with Crippen LogP contribution in [0.2, 0.25) is 15.1 Å². The molecule has 0 heterocycles. The standard InChI is InChI=1S/C19H16BrCl3N2O4/c1-10-14(5-3-12(20)19(10)23)24-17(27)9-29-18(28)7-6-16(26)25-15-4-2-11(21)8-13(15)22/h2-5,8H,6-7,9H2,1H3,(H,24,27)(H,25,26). The molecule has 0 saturated carbocycles. The SMILES string of the molecule is Cc1c(NC(=O)COC(=O)CCC(=O)Nc2ccc(Cl)cc2Cl)ccc(Br)c1Cl. The maximum atomic E-state index is 12.0. The molecule has 10 heteroatoms. The molecule has 0 unspecified atom stereocenters. The number of anilines is 2. The summed E-state index contributed by atoms with van der Waals surface area (Å²) in [6.45, 7) is 1.27. The number of benzene rings is 2. The highest BCUT2D eigenvalue weighted by atomic mass is 79.9. The Kier molecular flexibility index (Phi) is 8.77. The summed E-state index contributed by atoms with van der Waals surface area (Å²) in [5.74, 6) is -1.61. The number of esters is 1. The largest absolute Gasteiger partial charge is 0.456 e. The van der Waals surface area contributed by atoms with Crippen LogP contribution in [0.5, 0.6) is 0 Å². The topological polar surface area (TPSA) is 84.5 Å². The molecular formula is C19H16BrCl3N2O4. The van der Waals surface area contributed by atoms with E-state index in [1.165, 1.54) is 6.07 Å². The number of hydrogen-bond acceptors (Lipinski definition) is 4. The molecule has 2 aromatic rings. The first-order valence-corrected chi connectivity index (χ1v) is 10.2. The number of carbonyl (C=O) groups excluding carboxylic acids is 3. The minimum atomic E-state index is -0.678. The maximum Gasteiger partial charge on any atom is 0.306 e. The van der Waals surface area contributed by atoms with E-state index >= 15 is 0 Å². The molecule has 0 radical (unpaired) electrons. The Morgan fingerprint density at radius 2 is 1.62 bits per heavy atom. The molecule has 0 aliphatic rings. The molecule has 2 rings (SSSR count).